The molecule has 28 heavy (non-hydrogen) atoms. The Labute approximate surface area is 155 Å². The van der Waals surface area contributed by atoms with Gasteiger partial charge in [0, 0.05) is 17.7 Å². The van der Waals surface area contributed by atoms with Gasteiger partial charge in [-0.05, 0) is 25.1 Å². The van der Waals surface area contributed by atoms with Gasteiger partial charge < -0.3 is 15.3 Å². The molecule has 2 rings (SSSR count). The molecule has 0 aromatic heterocycles. The highest BCUT2D eigenvalue weighted by Crippen LogP contribution is 2.20. The number of aryl methyl sites for hydroxylation is 1. The van der Waals surface area contributed by atoms with E-state index in [0.29, 0.717) is 11.6 Å². The van der Waals surface area contributed by atoms with Crippen molar-refractivity contribution >= 4 is 29.3 Å². The molecule has 146 valence electrons. The van der Waals surface area contributed by atoms with E-state index in [1.165, 1.54) is 12.1 Å². The zero-order valence-electron chi connectivity index (χ0n) is 14.1. The molecule has 0 saturated heterocycles. The van der Waals surface area contributed by atoms with Crippen LogP contribution in [0.4, 0.5) is 11.4 Å². The first kappa shape index (κ1) is 21.7. The van der Waals surface area contributed by atoms with Crippen LogP contribution in [-0.4, -0.2) is 43.1 Å². The lowest BCUT2D eigenvalue weighted by Crippen LogP contribution is -2.05. The molecule has 2 aromatic rings. The molecule has 2 aromatic carbocycles. The fourth-order valence-corrected chi connectivity index (χ4v) is 1.94. The average Bonchev–Trinajstić information content (AvgIpc) is 2.61. The summed E-state index contributed by atoms with van der Waals surface area (Å²) in [5.74, 6) is -3.99. The summed E-state index contributed by atoms with van der Waals surface area (Å²) in [4.78, 5) is 50.8. The van der Waals surface area contributed by atoms with E-state index in [9.17, 15) is 34.6 Å². The van der Waals surface area contributed by atoms with Crippen LogP contribution in [0.25, 0.3) is 0 Å². The van der Waals surface area contributed by atoms with E-state index >= 15 is 0 Å². The molecular formula is C16H12N2O10. The predicted octanol–water partition coefficient (Wildman–Crippen LogP) is 2.59. The lowest BCUT2D eigenvalue weighted by molar-refractivity contribution is -0.385. The van der Waals surface area contributed by atoms with Crippen molar-refractivity contribution in [1.29, 1.82) is 0 Å². The largest absolute Gasteiger partial charge is 0.478 e. The Kier molecular flexibility index (Phi) is 6.85. The first-order chi connectivity index (χ1) is 13.0. The van der Waals surface area contributed by atoms with Crippen molar-refractivity contribution in [2.45, 2.75) is 6.92 Å². The van der Waals surface area contributed by atoms with E-state index in [-0.39, 0.29) is 16.8 Å². The van der Waals surface area contributed by atoms with E-state index < -0.39 is 39.0 Å². The molecule has 0 heterocycles. The fourth-order valence-electron chi connectivity index (χ4n) is 1.94. The first-order valence-corrected chi connectivity index (χ1v) is 7.19. The molecule has 0 fully saturated rings. The van der Waals surface area contributed by atoms with Crippen LogP contribution < -0.4 is 0 Å². The van der Waals surface area contributed by atoms with Gasteiger partial charge in [-0.25, -0.2) is 14.4 Å². The van der Waals surface area contributed by atoms with Gasteiger partial charge in [-0.2, -0.15) is 0 Å². The van der Waals surface area contributed by atoms with Crippen molar-refractivity contribution in [3.63, 3.8) is 0 Å². The number of nitro benzene ring substituents is 2. The van der Waals surface area contributed by atoms with Crippen LogP contribution in [0, 0.1) is 27.2 Å². The van der Waals surface area contributed by atoms with Gasteiger partial charge in [0.05, 0.1) is 21.0 Å². The van der Waals surface area contributed by atoms with Crippen LogP contribution in [0.15, 0.2) is 36.4 Å². The normalized spacial score (nSPS) is 9.61. The second-order valence-electron chi connectivity index (χ2n) is 5.16. The Morgan fingerprint density at radius 1 is 0.750 bits per heavy atom. The van der Waals surface area contributed by atoms with Gasteiger partial charge >= 0.3 is 17.9 Å². The predicted molar refractivity (Wildman–Crippen MR) is 91.8 cm³/mol. The van der Waals surface area contributed by atoms with E-state index in [4.69, 9.17) is 15.3 Å². The molecule has 0 radical (unpaired) electrons. The molecule has 0 aliphatic rings. The summed E-state index contributed by atoms with van der Waals surface area (Å²) in [6, 6.07) is 6.42. The minimum atomic E-state index is -1.47. The highest BCUT2D eigenvalue weighted by atomic mass is 16.6. The third-order valence-electron chi connectivity index (χ3n) is 3.32. The molecule has 12 nitrogen and oxygen atoms in total. The Bertz CT molecular complexity index is 983. The number of nitrogens with zero attached hydrogens (tertiary/aromatic N) is 2. The van der Waals surface area contributed by atoms with Crippen LogP contribution in [0.3, 0.4) is 0 Å². The summed E-state index contributed by atoms with van der Waals surface area (Å²) < 4.78 is 0. The summed E-state index contributed by atoms with van der Waals surface area (Å²) in [5, 5.41) is 46.6. The molecule has 0 spiro atoms. The Morgan fingerprint density at radius 2 is 1.18 bits per heavy atom. The zero-order valence-corrected chi connectivity index (χ0v) is 14.1. The van der Waals surface area contributed by atoms with E-state index in [2.05, 4.69) is 0 Å². The molecule has 0 saturated carbocycles. The van der Waals surface area contributed by atoms with Gasteiger partial charge in [0.2, 0.25) is 0 Å². The molecule has 0 unspecified atom stereocenters. The topological polar surface area (TPSA) is 198 Å². The highest BCUT2D eigenvalue weighted by Gasteiger charge is 2.21. The number of benzene rings is 2. The Balaban J connectivity index is 0.000000283. The van der Waals surface area contributed by atoms with E-state index in [0.717, 1.165) is 18.2 Å². The second-order valence-corrected chi connectivity index (χ2v) is 5.16. The second kappa shape index (κ2) is 8.84. The van der Waals surface area contributed by atoms with Gasteiger partial charge in [-0.15, -0.1) is 0 Å². The molecular weight excluding hydrogens is 380 g/mol. The van der Waals surface area contributed by atoms with Crippen LogP contribution >= 0.6 is 0 Å². The SMILES string of the molecule is Cc1ccc(C(=O)O)cc1[N+](=O)[O-].O=C(O)c1ccc(C(=O)O)c([N+](=O)[O-])c1. The minimum absolute atomic E-state index is 0.0719. The number of carboxylic acids is 3. The van der Waals surface area contributed by atoms with Crippen molar-refractivity contribution in [3.8, 4) is 0 Å². The number of nitro groups is 2. The highest BCUT2D eigenvalue weighted by molar-refractivity contribution is 5.95. The van der Waals surface area contributed by atoms with Gasteiger partial charge in [-0.3, -0.25) is 20.2 Å². The smallest absolute Gasteiger partial charge is 0.342 e. The number of hydrogen-bond acceptors (Lipinski definition) is 7. The summed E-state index contributed by atoms with van der Waals surface area (Å²) >= 11 is 0. The zero-order chi connectivity index (χ0) is 21.6. The number of hydrogen-bond donors (Lipinski definition) is 3. The third-order valence-corrected chi connectivity index (χ3v) is 3.32. The minimum Gasteiger partial charge on any atom is -0.478 e. The maximum Gasteiger partial charge on any atom is 0.342 e. The standard InChI is InChI=1S/C8H5NO6.C8H7NO4/c10-7(11)4-1-2-5(8(12)13)6(3-4)9(14)15;1-5-2-3-6(8(10)11)4-7(5)9(12)13/h1-3H,(H,10,11)(H,12,13);2-4H,1H3,(H,10,11). The van der Waals surface area contributed by atoms with E-state index in [1.54, 1.807) is 6.92 Å². The van der Waals surface area contributed by atoms with Crippen molar-refractivity contribution in [1.82, 2.24) is 0 Å². The summed E-state index contributed by atoms with van der Waals surface area (Å²) in [6.07, 6.45) is 0. The molecule has 0 atom stereocenters. The van der Waals surface area contributed by atoms with Crippen molar-refractivity contribution < 1.29 is 39.5 Å². The molecule has 0 aliphatic heterocycles. The first-order valence-electron chi connectivity index (χ1n) is 7.19. The van der Waals surface area contributed by atoms with Crippen LogP contribution in [0.1, 0.15) is 36.6 Å². The summed E-state index contributed by atoms with van der Waals surface area (Å²) in [7, 11) is 0. The Morgan fingerprint density at radius 3 is 1.57 bits per heavy atom. The van der Waals surface area contributed by atoms with Crippen molar-refractivity contribution in [2.24, 2.45) is 0 Å². The maximum absolute atomic E-state index is 10.6. The maximum atomic E-state index is 10.6. The Hall–Kier alpha value is -4.35. The van der Waals surface area contributed by atoms with Crippen LogP contribution in [-0.2, 0) is 0 Å². The van der Waals surface area contributed by atoms with Gasteiger partial charge in [0.15, 0.2) is 0 Å². The molecule has 0 aliphatic carbocycles. The number of carboxylic acid groups (broad SMARTS) is 3. The molecule has 0 bridgehead atoms. The van der Waals surface area contributed by atoms with Crippen LogP contribution in [0.5, 0.6) is 0 Å². The molecule has 12 heteroatoms. The van der Waals surface area contributed by atoms with Gasteiger partial charge in [-0.1, -0.05) is 6.07 Å². The quantitative estimate of drug-likeness (QED) is 0.502. The summed E-state index contributed by atoms with van der Waals surface area (Å²) in [5.41, 5.74) is -1.38. The van der Waals surface area contributed by atoms with Crippen molar-refractivity contribution in [2.75, 3.05) is 0 Å². The monoisotopic (exact) mass is 392 g/mol. The number of aromatic carboxylic acids is 3. The lowest BCUT2D eigenvalue weighted by Gasteiger charge is -1.99. The molecule has 3 N–H and O–H groups in total. The fraction of sp³-hybridized carbons (Fsp3) is 0.0625. The van der Waals surface area contributed by atoms with Gasteiger partial charge in [0.1, 0.15) is 5.56 Å². The van der Waals surface area contributed by atoms with Crippen LogP contribution in [0.2, 0.25) is 0 Å². The van der Waals surface area contributed by atoms with Gasteiger partial charge in [0.25, 0.3) is 11.4 Å². The van der Waals surface area contributed by atoms with E-state index in [1.807, 2.05) is 0 Å². The van der Waals surface area contributed by atoms with Crippen molar-refractivity contribution in [3.05, 3.63) is 78.9 Å². The average molecular weight is 392 g/mol. The number of carbonyl (C=O) groups is 3. The summed E-state index contributed by atoms with van der Waals surface area (Å²) in [6.45, 7) is 1.56. The molecule has 0 amide bonds. The number of rotatable bonds is 5. The third kappa shape index (κ3) is 5.32. The lowest BCUT2D eigenvalue weighted by atomic mass is 10.1.